The Kier molecular flexibility index (Phi) is 8.40. The van der Waals surface area contributed by atoms with E-state index in [9.17, 15) is 9.59 Å². The van der Waals surface area contributed by atoms with Gasteiger partial charge in [0.05, 0.1) is 0 Å². The molecule has 0 spiro atoms. The molecule has 0 radical (unpaired) electrons. The summed E-state index contributed by atoms with van der Waals surface area (Å²) in [6.45, 7) is 2.91. The largest absolute Gasteiger partial charge is 0.368 e. The number of amides is 2. The highest BCUT2D eigenvalue weighted by molar-refractivity contribution is 5.86. The normalized spacial score (nSPS) is 12.5. The van der Waals surface area contributed by atoms with Gasteiger partial charge in [-0.3, -0.25) is 9.59 Å². The SMILES string of the molecule is CCCC(=O)NC(CCCCN(C)C)C(N)=O. The smallest absolute Gasteiger partial charge is 0.239 e. The Labute approximate surface area is 104 Å². The van der Waals surface area contributed by atoms with E-state index >= 15 is 0 Å². The molecule has 1 unspecified atom stereocenters. The molecule has 0 fully saturated rings. The maximum atomic E-state index is 11.4. The van der Waals surface area contributed by atoms with Crippen molar-refractivity contribution in [1.82, 2.24) is 10.2 Å². The summed E-state index contributed by atoms with van der Waals surface area (Å²) in [5, 5.41) is 2.68. The molecular formula is C12H25N3O2. The molecule has 0 bridgehead atoms. The van der Waals surface area contributed by atoms with E-state index in [1.165, 1.54) is 0 Å². The van der Waals surface area contributed by atoms with Crippen LogP contribution in [0.2, 0.25) is 0 Å². The van der Waals surface area contributed by atoms with Gasteiger partial charge in [0.1, 0.15) is 6.04 Å². The van der Waals surface area contributed by atoms with E-state index in [1.54, 1.807) is 0 Å². The predicted octanol–water partition coefficient (Wildman–Crippen LogP) is 0.489. The number of rotatable bonds is 9. The first-order valence-corrected chi connectivity index (χ1v) is 6.20. The minimum Gasteiger partial charge on any atom is -0.368 e. The summed E-state index contributed by atoms with van der Waals surface area (Å²) in [7, 11) is 4.02. The second-order valence-electron chi connectivity index (χ2n) is 4.57. The number of nitrogens with zero attached hydrogens (tertiary/aromatic N) is 1. The highest BCUT2D eigenvalue weighted by atomic mass is 16.2. The number of carbonyl (C=O) groups is 2. The number of unbranched alkanes of at least 4 members (excludes halogenated alkanes) is 1. The van der Waals surface area contributed by atoms with Crippen LogP contribution in [0.3, 0.4) is 0 Å². The second kappa shape index (κ2) is 8.98. The predicted molar refractivity (Wildman–Crippen MR) is 68.4 cm³/mol. The highest BCUT2D eigenvalue weighted by Gasteiger charge is 2.16. The summed E-state index contributed by atoms with van der Waals surface area (Å²) >= 11 is 0. The van der Waals surface area contributed by atoms with Gasteiger partial charge >= 0.3 is 0 Å². The van der Waals surface area contributed by atoms with Gasteiger partial charge in [-0.05, 0) is 46.3 Å². The van der Waals surface area contributed by atoms with Gasteiger partial charge in [-0.25, -0.2) is 0 Å². The van der Waals surface area contributed by atoms with Crippen molar-refractivity contribution in [3.8, 4) is 0 Å². The lowest BCUT2D eigenvalue weighted by Gasteiger charge is -2.16. The van der Waals surface area contributed by atoms with Gasteiger partial charge in [0, 0.05) is 6.42 Å². The minimum absolute atomic E-state index is 0.0936. The van der Waals surface area contributed by atoms with Crippen molar-refractivity contribution in [2.75, 3.05) is 20.6 Å². The molecule has 0 aromatic carbocycles. The summed E-state index contributed by atoms with van der Waals surface area (Å²) in [6, 6.07) is -0.517. The topological polar surface area (TPSA) is 75.4 Å². The molecule has 0 saturated carbocycles. The number of nitrogens with one attached hydrogen (secondary N) is 1. The monoisotopic (exact) mass is 243 g/mol. The summed E-state index contributed by atoms with van der Waals surface area (Å²) in [5.41, 5.74) is 5.26. The average molecular weight is 243 g/mol. The van der Waals surface area contributed by atoms with Crippen molar-refractivity contribution < 1.29 is 9.59 Å². The van der Waals surface area contributed by atoms with Crippen LogP contribution in [0.15, 0.2) is 0 Å². The Morgan fingerprint density at radius 1 is 1.29 bits per heavy atom. The highest BCUT2D eigenvalue weighted by Crippen LogP contribution is 2.02. The molecule has 17 heavy (non-hydrogen) atoms. The second-order valence-corrected chi connectivity index (χ2v) is 4.57. The first-order chi connectivity index (χ1) is 7.97. The Morgan fingerprint density at radius 2 is 1.94 bits per heavy atom. The molecule has 0 aromatic heterocycles. The fraction of sp³-hybridized carbons (Fsp3) is 0.833. The summed E-state index contributed by atoms with van der Waals surface area (Å²) in [6.07, 6.45) is 3.73. The van der Waals surface area contributed by atoms with Gasteiger partial charge in [-0.2, -0.15) is 0 Å². The zero-order valence-corrected chi connectivity index (χ0v) is 11.2. The van der Waals surface area contributed by atoms with Crippen molar-refractivity contribution in [2.45, 2.75) is 45.1 Å². The minimum atomic E-state index is -0.517. The van der Waals surface area contributed by atoms with Crippen molar-refractivity contribution in [1.29, 1.82) is 0 Å². The third-order valence-electron chi connectivity index (χ3n) is 2.50. The van der Waals surface area contributed by atoms with Gasteiger partial charge in [0.2, 0.25) is 11.8 Å². The fourth-order valence-electron chi connectivity index (χ4n) is 1.56. The molecule has 0 rings (SSSR count). The summed E-state index contributed by atoms with van der Waals surface area (Å²) in [4.78, 5) is 24.6. The Morgan fingerprint density at radius 3 is 2.41 bits per heavy atom. The molecular weight excluding hydrogens is 218 g/mol. The molecule has 5 heteroatoms. The third kappa shape index (κ3) is 8.68. The van der Waals surface area contributed by atoms with E-state index in [0.29, 0.717) is 12.8 Å². The molecule has 5 nitrogen and oxygen atoms in total. The van der Waals surface area contributed by atoms with E-state index in [0.717, 1.165) is 25.8 Å². The molecule has 0 aliphatic rings. The molecule has 0 aliphatic heterocycles. The zero-order chi connectivity index (χ0) is 13.3. The van der Waals surface area contributed by atoms with Crippen molar-refractivity contribution in [3.63, 3.8) is 0 Å². The average Bonchev–Trinajstić information content (AvgIpc) is 2.22. The lowest BCUT2D eigenvalue weighted by molar-refractivity contribution is -0.127. The number of nitrogens with two attached hydrogens (primary N) is 1. The first kappa shape index (κ1) is 15.9. The lowest BCUT2D eigenvalue weighted by atomic mass is 10.1. The van der Waals surface area contributed by atoms with Crippen molar-refractivity contribution >= 4 is 11.8 Å². The van der Waals surface area contributed by atoms with Crippen molar-refractivity contribution in [3.05, 3.63) is 0 Å². The molecule has 100 valence electrons. The first-order valence-electron chi connectivity index (χ1n) is 6.20. The molecule has 3 N–H and O–H groups in total. The van der Waals surface area contributed by atoms with Crippen LogP contribution in [-0.2, 0) is 9.59 Å². The van der Waals surface area contributed by atoms with Crippen LogP contribution in [-0.4, -0.2) is 43.4 Å². The number of hydrogen-bond acceptors (Lipinski definition) is 3. The Hall–Kier alpha value is -1.10. The van der Waals surface area contributed by atoms with Crippen LogP contribution < -0.4 is 11.1 Å². The van der Waals surface area contributed by atoms with E-state index in [1.807, 2.05) is 21.0 Å². The van der Waals surface area contributed by atoms with Gasteiger partial charge in [-0.1, -0.05) is 6.92 Å². The fourth-order valence-corrected chi connectivity index (χ4v) is 1.56. The van der Waals surface area contributed by atoms with Crippen LogP contribution in [0.1, 0.15) is 39.0 Å². The maximum absolute atomic E-state index is 11.4. The summed E-state index contributed by atoms with van der Waals surface area (Å²) < 4.78 is 0. The van der Waals surface area contributed by atoms with Crippen LogP contribution >= 0.6 is 0 Å². The van der Waals surface area contributed by atoms with Crippen LogP contribution in [0, 0.1) is 0 Å². The molecule has 0 aliphatic carbocycles. The van der Waals surface area contributed by atoms with Crippen molar-refractivity contribution in [2.24, 2.45) is 5.73 Å². The summed E-state index contributed by atoms with van der Waals surface area (Å²) in [5.74, 6) is -0.539. The Balaban J connectivity index is 3.91. The van der Waals surface area contributed by atoms with Gasteiger partial charge in [0.25, 0.3) is 0 Å². The molecule has 1 atom stereocenters. The van der Waals surface area contributed by atoms with E-state index < -0.39 is 11.9 Å². The lowest BCUT2D eigenvalue weighted by Crippen LogP contribution is -2.44. The number of hydrogen-bond donors (Lipinski definition) is 2. The molecule has 2 amide bonds. The number of primary amides is 1. The van der Waals surface area contributed by atoms with Gasteiger partial charge in [-0.15, -0.1) is 0 Å². The van der Waals surface area contributed by atoms with Gasteiger partial charge in [0.15, 0.2) is 0 Å². The van der Waals surface area contributed by atoms with Crippen LogP contribution in [0.25, 0.3) is 0 Å². The van der Waals surface area contributed by atoms with E-state index in [-0.39, 0.29) is 5.91 Å². The molecule has 0 aromatic rings. The maximum Gasteiger partial charge on any atom is 0.239 e. The molecule has 0 heterocycles. The molecule has 0 saturated heterocycles. The van der Waals surface area contributed by atoms with E-state index in [4.69, 9.17) is 5.73 Å². The van der Waals surface area contributed by atoms with Crippen LogP contribution in [0.4, 0.5) is 0 Å². The van der Waals surface area contributed by atoms with E-state index in [2.05, 4.69) is 10.2 Å². The van der Waals surface area contributed by atoms with Crippen LogP contribution in [0.5, 0.6) is 0 Å². The number of carbonyl (C=O) groups excluding carboxylic acids is 2. The Bertz CT molecular complexity index is 242. The van der Waals surface area contributed by atoms with Gasteiger partial charge < -0.3 is 16.0 Å². The zero-order valence-electron chi connectivity index (χ0n) is 11.2. The standard InChI is InChI=1S/C12H25N3O2/c1-4-7-11(16)14-10(12(13)17)8-5-6-9-15(2)3/h10H,4-9H2,1-3H3,(H2,13,17)(H,14,16). The third-order valence-corrected chi connectivity index (χ3v) is 2.50. The quantitative estimate of drug-likeness (QED) is 0.579.